The Morgan fingerprint density at radius 2 is 1.87 bits per heavy atom. The summed E-state index contributed by atoms with van der Waals surface area (Å²) < 4.78 is 6.65. The molecule has 0 heterocycles. The van der Waals surface area contributed by atoms with E-state index in [4.69, 9.17) is 4.74 Å². The Morgan fingerprint density at radius 3 is 2.65 bits per heavy atom. The van der Waals surface area contributed by atoms with Gasteiger partial charge in [-0.1, -0.05) is 13.8 Å². The first-order valence-corrected chi connectivity index (χ1v) is 10.1. The van der Waals surface area contributed by atoms with Crippen LogP contribution in [0.2, 0.25) is 0 Å². The third-order valence-electron chi connectivity index (χ3n) is 8.81. The molecule has 2 nitrogen and oxygen atoms in total. The minimum Gasteiger partial charge on any atom is -0.374 e. The van der Waals surface area contributed by atoms with Crippen LogP contribution in [0, 0.1) is 28.6 Å². The molecule has 0 unspecified atom stereocenters. The number of carbonyl (C=O) groups excluding carboxylic acids is 1. The first-order valence-electron chi connectivity index (χ1n) is 10.1. The van der Waals surface area contributed by atoms with Gasteiger partial charge in [0.2, 0.25) is 0 Å². The van der Waals surface area contributed by atoms with E-state index < -0.39 is 0 Å². The van der Waals surface area contributed by atoms with Gasteiger partial charge in [-0.2, -0.15) is 0 Å². The summed E-state index contributed by atoms with van der Waals surface area (Å²) in [6.07, 6.45) is 12.1. The number of rotatable bonds is 2. The molecule has 4 saturated carbocycles. The predicted molar refractivity (Wildman–Crippen MR) is 92.2 cm³/mol. The second-order valence-corrected chi connectivity index (χ2v) is 9.51. The Kier molecular flexibility index (Phi) is 3.72. The minimum absolute atomic E-state index is 0.139. The normalized spacial score (nSPS) is 52.7. The van der Waals surface area contributed by atoms with Crippen molar-refractivity contribution in [3.8, 4) is 0 Å². The average molecular weight is 319 g/mol. The average Bonchev–Trinajstić information content (AvgIpc) is 2.86. The van der Waals surface area contributed by atoms with Gasteiger partial charge in [0.15, 0.2) is 0 Å². The summed E-state index contributed by atoms with van der Waals surface area (Å²) in [5.74, 6) is 2.69. The number of ether oxygens (including phenoxy) is 1. The highest BCUT2D eigenvalue weighted by Gasteiger charge is 2.65. The molecule has 0 aromatic heterocycles. The molecule has 23 heavy (non-hydrogen) atoms. The number of fused-ring (bicyclic) bond motifs is 5. The molecule has 0 spiro atoms. The predicted octanol–water partition coefficient (Wildman–Crippen LogP) is 5.15. The first-order chi connectivity index (χ1) is 11.0. The molecule has 0 aromatic rings. The van der Waals surface area contributed by atoms with Crippen molar-refractivity contribution in [2.75, 3.05) is 6.61 Å². The minimum atomic E-state index is 0.139. The lowest BCUT2D eigenvalue weighted by molar-refractivity contribution is -0.221. The second-order valence-electron chi connectivity index (χ2n) is 9.51. The van der Waals surface area contributed by atoms with Gasteiger partial charge in [-0.15, -0.1) is 0 Å². The number of carbonyl (C=O) groups is 1. The van der Waals surface area contributed by atoms with Crippen LogP contribution in [-0.2, 0) is 9.53 Å². The topological polar surface area (TPSA) is 26.3 Å². The largest absolute Gasteiger partial charge is 0.374 e. The van der Waals surface area contributed by atoms with Crippen LogP contribution in [0.3, 0.4) is 0 Å². The highest BCUT2D eigenvalue weighted by molar-refractivity contribution is 5.79. The van der Waals surface area contributed by atoms with E-state index in [0.29, 0.717) is 22.5 Å². The molecular formula is C21H34O2. The Hall–Kier alpha value is -0.370. The van der Waals surface area contributed by atoms with Crippen molar-refractivity contribution in [2.45, 2.75) is 90.6 Å². The second kappa shape index (κ2) is 5.31. The maximum atomic E-state index is 12.0. The van der Waals surface area contributed by atoms with Crippen LogP contribution in [0.1, 0.15) is 85.0 Å². The first kappa shape index (κ1) is 16.1. The van der Waals surface area contributed by atoms with Gasteiger partial charge >= 0.3 is 0 Å². The van der Waals surface area contributed by atoms with Crippen molar-refractivity contribution in [2.24, 2.45) is 28.6 Å². The maximum absolute atomic E-state index is 12.0. The standard InChI is InChI=1S/C21H34O2/c1-4-23-21-11-5-10-19(21,2)12-9-17-18(21)7-6-15-14-16(22)8-13-20(15,17)3/h15,17-18H,4-14H2,1-3H3/t15-,17-,18+,19-,20-,21+/m0/s1. The van der Waals surface area contributed by atoms with E-state index in [2.05, 4.69) is 20.8 Å². The lowest BCUT2D eigenvalue weighted by atomic mass is 9.44. The number of hydrogen-bond acceptors (Lipinski definition) is 2. The van der Waals surface area contributed by atoms with Gasteiger partial charge in [-0.05, 0) is 86.9 Å². The zero-order valence-electron chi connectivity index (χ0n) is 15.3. The van der Waals surface area contributed by atoms with Gasteiger partial charge in [-0.3, -0.25) is 4.79 Å². The molecule has 4 aliphatic rings. The van der Waals surface area contributed by atoms with Crippen LogP contribution in [0.4, 0.5) is 0 Å². The molecule has 0 aliphatic heterocycles. The summed E-state index contributed by atoms with van der Waals surface area (Å²) in [4.78, 5) is 12.0. The van der Waals surface area contributed by atoms with Crippen molar-refractivity contribution >= 4 is 5.78 Å². The molecule has 6 atom stereocenters. The van der Waals surface area contributed by atoms with Crippen molar-refractivity contribution < 1.29 is 9.53 Å². The van der Waals surface area contributed by atoms with Gasteiger partial charge in [-0.25, -0.2) is 0 Å². The van der Waals surface area contributed by atoms with Crippen LogP contribution >= 0.6 is 0 Å². The van der Waals surface area contributed by atoms with Gasteiger partial charge in [0, 0.05) is 19.4 Å². The molecule has 0 bridgehead atoms. The number of hydrogen-bond donors (Lipinski definition) is 0. The van der Waals surface area contributed by atoms with Crippen LogP contribution in [0.5, 0.6) is 0 Å². The molecule has 0 amide bonds. The zero-order chi connectivity index (χ0) is 16.3. The van der Waals surface area contributed by atoms with E-state index in [0.717, 1.165) is 37.7 Å². The summed E-state index contributed by atoms with van der Waals surface area (Å²) in [6.45, 7) is 8.09. The monoisotopic (exact) mass is 318 g/mol. The summed E-state index contributed by atoms with van der Waals surface area (Å²) >= 11 is 0. The molecule has 4 aliphatic carbocycles. The zero-order valence-corrected chi connectivity index (χ0v) is 15.3. The summed E-state index contributed by atoms with van der Waals surface area (Å²) in [6, 6.07) is 0. The van der Waals surface area contributed by atoms with Gasteiger partial charge < -0.3 is 4.74 Å². The molecule has 0 radical (unpaired) electrons. The molecule has 4 rings (SSSR count). The quantitative estimate of drug-likeness (QED) is 0.704. The van der Waals surface area contributed by atoms with Crippen LogP contribution in [0.15, 0.2) is 0 Å². The fraction of sp³-hybridized carbons (Fsp3) is 0.952. The van der Waals surface area contributed by atoms with Crippen molar-refractivity contribution in [3.05, 3.63) is 0 Å². The molecular weight excluding hydrogens is 284 g/mol. The van der Waals surface area contributed by atoms with E-state index in [9.17, 15) is 4.79 Å². The molecule has 0 aromatic carbocycles. The number of ketones is 1. The SMILES string of the molecule is CCO[C@@]12CCC[C@@]1(C)CC[C@H]1[C@H]2CC[C@H]2CC(=O)CC[C@@]21C. The van der Waals surface area contributed by atoms with Crippen molar-refractivity contribution in [3.63, 3.8) is 0 Å². The summed E-state index contributed by atoms with van der Waals surface area (Å²) in [5.41, 5.74) is 0.933. The third-order valence-corrected chi connectivity index (χ3v) is 8.81. The maximum Gasteiger partial charge on any atom is 0.133 e. The molecule has 130 valence electrons. The fourth-order valence-corrected chi connectivity index (χ4v) is 7.58. The van der Waals surface area contributed by atoms with E-state index >= 15 is 0 Å². The number of Topliss-reactive ketones (excluding diaryl/α,β-unsaturated/α-hetero) is 1. The molecule has 0 saturated heterocycles. The lowest BCUT2D eigenvalue weighted by Gasteiger charge is -2.63. The smallest absolute Gasteiger partial charge is 0.133 e. The Bertz CT molecular complexity index is 500. The molecule has 2 heteroatoms. The van der Waals surface area contributed by atoms with E-state index in [1.165, 1.54) is 44.9 Å². The van der Waals surface area contributed by atoms with Gasteiger partial charge in [0.05, 0.1) is 5.60 Å². The lowest BCUT2D eigenvalue weighted by Crippen LogP contribution is -2.62. The summed E-state index contributed by atoms with van der Waals surface area (Å²) in [5, 5.41) is 0. The highest BCUT2D eigenvalue weighted by atomic mass is 16.5. The van der Waals surface area contributed by atoms with Gasteiger partial charge in [0.1, 0.15) is 5.78 Å². The van der Waals surface area contributed by atoms with Crippen molar-refractivity contribution in [1.82, 2.24) is 0 Å². The Morgan fingerprint density at radius 1 is 1.04 bits per heavy atom. The van der Waals surface area contributed by atoms with E-state index in [1.807, 2.05) is 0 Å². The van der Waals surface area contributed by atoms with E-state index in [-0.39, 0.29) is 5.60 Å². The highest BCUT2D eigenvalue weighted by Crippen LogP contribution is 2.68. The summed E-state index contributed by atoms with van der Waals surface area (Å²) in [7, 11) is 0. The van der Waals surface area contributed by atoms with Crippen LogP contribution in [-0.4, -0.2) is 18.0 Å². The van der Waals surface area contributed by atoms with Crippen LogP contribution in [0.25, 0.3) is 0 Å². The molecule has 4 fully saturated rings. The van der Waals surface area contributed by atoms with Crippen molar-refractivity contribution in [1.29, 1.82) is 0 Å². The third kappa shape index (κ3) is 2.06. The fourth-order valence-electron chi connectivity index (χ4n) is 7.58. The van der Waals surface area contributed by atoms with E-state index in [1.54, 1.807) is 0 Å². The van der Waals surface area contributed by atoms with Crippen LogP contribution < -0.4 is 0 Å². The Balaban J connectivity index is 1.70. The molecule has 0 N–H and O–H groups in total. The Labute approximate surface area is 141 Å². The van der Waals surface area contributed by atoms with Gasteiger partial charge in [0.25, 0.3) is 0 Å².